The lowest BCUT2D eigenvalue weighted by Gasteiger charge is -2.35. The van der Waals surface area contributed by atoms with E-state index in [1.54, 1.807) is 22.3 Å². The molecule has 0 saturated carbocycles. The molecule has 0 spiro atoms. The molecule has 0 unspecified atom stereocenters. The Morgan fingerprint density at radius 1 is 0.909 bits per heavy atom. The average molecular weight is 481 g/mol. The van der Waals surface area contributed by atoms with Crippen molar-refractivity contribution in [3.05, 3.63) is 78.3 Å². The van der Waals surface area contributed by atoms with Gasteiger partial charge < -0.3 is 9.64 Å². The van der Waals surface area contributed by atoms with Crippen LogP contribution < -0.4 is 9.64 Å². The van der Waals surface area contributed by atoms with Crippen molar-refractivity contribution >= 4 is 27.0 Å². The van der Waals surface area contributed by atoms with Crippen LogP contribution in [-0.2, 0) is 10.0 Å². The van der Waals surface area contributed by atoms with Crippen LogP contribution in [0.15, 0.2) is 83.2 Å². The molecule has 5 rings (SSSR count). The zero-order valence-corrected chi connectivity index (χ0v) is 19.8. The number of thiophene rings is 1. The van der Waals surface area contributed by atoms with Crippen molar-refractivity contribution in [1.29, 1.82) is 0 Å². The summed E-state index contributed by atoms with van der Waals surface area (Å²) in [5, 5.41) is 6.59. The van der Waals surface area contributed by atoms with Crippen LogP contribution in [0.3, 0.4) is 0 Å². The average Bonchev–Trinajstić information content (AvgIpc) is 3.55. The zero-order valence-electron chi connectivity index (χ0n) is 18.2. The number of para-hydroxylation sites is 3. The van der Waals surface area contributed by atoms with Crippen molar-refractivity contribution in [2.75, 3.05) is 38.2 Å². The van der Waals surface area contributed by atoms with Gasteiger partial charge in [0.1, 0.15) is 16.3 Å². The molecule has 3 heterocycles. The molecular formula is C24H24N4O3S2. The van der Waals surface area contributed by atoms with Crippen molar-refractivity contribution in [1.82, 2.24) is 14.1 Å². The number of hydrogen-bond acceptors (Lipinski definition) is 6. The molecule has 0 amide bonds. The summed E-state index contributed by atoms with van der Waals surface area (Å²) in [4.78, 5) is 3.23. The van der Waals surface area contributed by atoms with Crippen LogP contribution in [0.4, 0.5) is 5.69 Å². The number of piperazine rings is 1. The molecule has 1 saturated heterocycles. The Bertz CT molecular complexity index is 1330. The summed E-state index contributed by atoms with van der Waals surface area (Å²) in [6.07, 6.45) is 1.63. The monoisotopic (exact) mass is 480 g/mol. The van der Waals surface area contributed by atoms with E-state index in [0.717, 1.165) is 22.0 Å². The van der Waals surface area contributed by atoms with Gasteiger partial charge in [-0.15, -0.1) is 11.3 Å². The minimum atomic E-state index is -3.73. The van der Waals surface area contributed by atoms with Gasteiger partial charge in [-0.1, -0.05) is 36.4 Å². The molecule has 0 N–H and O–H groups in total. The Morgan fingerprint density at radius 3 is 2.33 bits per heavy atom. The number of rotatable bonds is 6. The predicted octanol–water partition coefficient (Wildman–Crippen LogP) is 4.12. The summed E-state index contributed by atoms with van der Waals surface area (Å²) in [6.45, 7) is 1.95. The van der Waals surface area contributed by atoms with Gasteiger partial charge in [0.15, 0.2) is 0 Å². The van der Waals surface area contributed by atoms with Crippen molar-refractivity contribution in [3.8, 4) is 22.0 Å². The third-order valence-corrected chi connectivity index (χ3v) is 8.51. The smallest absolute Gasteiger partial charge is 0.247 e. The second-order valence-electron chi connectivity index (χ2n) is 7.66. The summed E-state index contributed by atoms with van der Waals surface area (Å²) >= 11 is 1.48. The lowest BCUT2D eigenvalue weighted by molar-refractivity contribution is 0.378. The fraction of sp³-hybridized carbons (Fsp3) is 0.208. The van der Waals surface area contributed by atoms with Gasteiger partial charge in [-0.2, -0.15) is 9.40 Å². The van der Waals surface area contributed by atoms with E-state index >= 15 is 0 Å². The fourth-order valence-corrected chi connectivity index (χ4v) is 6.38. The lowest BCUT2D eigenvalue weighted by atomic mass is 10.2. The minimum Gasteiger partial charge on any atom is -0.495 e. The van der Waals surface area contributed by atoms with Crippen LogP contribution in [0.25, 0.3) is 16.3 Å². The molecule has 1 aliphatic heterocycles. The first-order valence-corrected chi connectivity index (χ1v) is 13.0. The third-order valence-electron chi connectivity index (χ3n) is 5.74. The van der Waals surface area contributed by atoms with Crippen LogP contribution in [0.1, 0.15) is 0 Å². The molecule has 0 atom stereocenters. The topological polar surface area (TPSA) is 67.7 Å². The SMILES string of the molecule is COc1ccccc1N1CCN(S(=O)(=O)c2cn(-c3ccccc3)nc2-c2cccs2)CC1. The number of benzene rings is 2. The van der Waals surface area contributed by atoms with Crippen molar-refractivity contribution in [2.45, 2.75) is 4.90 Å². The number of sulfonamides is 1. The second kappa shape index (κ2) is 9.01. The first kappa shape index (κ1) is 21.7. The van der Waals surface area contributed by atoms with E-state index in [1.807, 2.05) is 72.1 Å². The Morgan fingerprint density at radius 2 is 1.64 bits per heavy atom. The minimum absolute atomic E-state index is 0.236. The molecule has 1 aliphatic rings. The van der Waals surface area contributed by atoms with Crippen LogP contribution in [0.5, 0.6) is 5.75 Å². The maximum absolute atomic E-state index is 13.7. The largest absolute Gasteiger partial charge is 0.495 e. The molecule has 0 aliphatic carbocycles. The van der Waals surface area contributed by atoms with E-state index in [2.05, 4.69) is 10.00 Å². The third kappa shape index (κ3) is 4.15. The highest BCUT2D eigenvalue weighted by molar-refractivity contribution is 7.89. The van der Waals surface area contributed by atoms with Gasteiger partial charge in [0.2, 0.25) is 10.0 Å². The highest BCUT2D eigenvalue weighted by atomic mass is 32.2. The summed E-state index contributed by atoms with van der Waals surface area (Å²) in [6, 6.07) is 21.2. The molecule has 0 bridgehead atoms. The van der Waals surface area contributed by atoms with Gasteiger partial charge in [-0.3, -0.25) is 0 Å². The molecule has 9 heteroatoms. The van der Waals surface area contributed by atoms with E-state index in [9.17, 15) is 8.42 Å². The molecule has 1 fully saturated rings. The van der Waals surface area contributed by atoms with E-state index in [-0.39, 0.29) is 4.90 Å². The summed E-state index contributed by atoms with van der Waals surface area (Å²) in [5.74, 6) is 0.790. The molecule has 0 radical (unpaired) electrons. The molecule has 170 valence electrons. The number of anilines is 1. The Labute approximate surface area is 197 Å². The second-order valence-corrected chi connectivity index (χ2v) is 10.5. The molecule has 33 heavy (non-hydrogen) atoms. The number of hydrogen-bond donors (Lipinski definition) is 0. The van der Waals surface area contributed by atoms with Crippen molar-refractivity contribution in [2.24, 2.45) is 0 Å². The molecule has 4 aromatic rings. The highest BCUT2D eigenvalue weighted by Crippen LogP contribution is 2.34. The fourth-order valence-electron chi connectivity index (χ4n) is 4.04. The number of methoxy groups -OCH3 is 1. The quantitative estimate of drug-likeness (QED) is 0.415. The summed E-state index contributed by atoms with van der Waals surface area (Å²) in [7, 11) is -2.08. The van der Waals surface area contributed by atoms with Gasteiger partial charge >= 0.3 is 0 Å². The maximum Gasteiger partial charge on any atom is 0.247 e. The molecule has 2 aromatic carbocycles. The summed E-state index contributed by atoms with van der Waals surface area (Å²) in [5.41, 5.74) is 2.28. The Balaban J connectivity index is 1.45. The van der Waals surface area contributed by atoms with Gasteiger partial charge in [0.05, 0.1) is 29.6 Å². The van der Waals surface area contributed by atoms with Gasteiger partial charge in [0, 0.05) is 26.2 Å². The lowest BCUT2D eigenvalue weighted by Crippen LogP contribution is -2.48. The van der Waals surface area contributed by atoms with Crippen LogP contribution in [-0.4, -0.2) is 55.8 Å². The van der Waals surface area contributed by atoms with E-state index in [4.69, 9.17) is 4.74 Å². The van der Waals surface area contributed by atoms with Gasteiger partial charge in [-0.25, -0.2) is 13.1 Å². The van der Waals surface area contributed by atoms with E-state index < -0.39 is 10.0 Å². The normalized spacial score (nSPS) is 15.0. The van der Waals surface area contributed by atoms with Crippen LogP contribution in [0.2, 0.25) is 0 Å². The first-order valence-electron chi connectivity index (χ1n) is 10.6. The standard InChI is InChI=1S/C24H24N4O3S2/c1-31-21-11-6-5-10-20(21)26-13-15-27(16-14-26)33(29,30)23-18-28(19-8-3-2-4-9-19)25-24(23)22-12-7-17-32-22/h2-12,17-18H,13-16H2,1H3. The Kier molecular flexibility index (Phi) is 5.92. The van der Waals surface area contributed by atoms with E-state index in [1.165, 1.54) is 11.3 Å². The number of ether oxygens (including phenoxy) is 1. The zero-order chi connectivity index (χ0) is 22.8. The van der Waals surface area contributed by atoms with E-state index in [0.29, 0.717) is 31.9 Å². The number of nitrogens with zero attached hydrogens (tertiary/aromatic N) is 4. The number of aromatic nitrogens is 2. The predicted molar refractivity (Wildman–Crippen MR) is 131 cm³/mol. The van der Waals surface area contributed by atoms with Gasteiger partial charge in [0.25, 0.3) is 0 Å². The van der Waals surface area contributed by atoms with Crippen molar-refractivity contribution < 1.29 is 13.2 Å². The first-order chi connectivity index (χ1) is 16.1. The molecule has 2 aromatic heterocycles. The Hall–Kier alpha value is -3.14. The van der Waals surface area contributed by atoms with Gasteiger partial charge in [-0.05, 0) is 35.7 Å². The molecule has 7 nitrogen and oxygen atoms in total. The highest BCUT2D eigenvalue weighted by Gasteiger charge is 2.33. The van der Waals surface area contributed by atoms with Crippen molar-refractivity contribution in [3.63, 3.8) is 0 Å². The van der Waals surface area contributed by atoms with Crippen LogP contribution >= 0.6 is 11.3 Å². The maximum atomic E-state index is 13.7. The van der Waals surface area contributed by atoms with Crippen LogP contribution in [0, 0.1) is 0 Å². The summed E-state index contributed by atoms with van der Waals surface area (Å²) < 4.78 is 36.2. The molecular weight excluding hydrogens is 456 g/mol.